The van der Waals surface area contributed by atoms with Crippen molar-refractivity contribution in [1.29, 1.82) is 0 Å². The molecule has 2 rings (SSSR count). The Morgan fingerprint density at radius 2 is 2.18 bits per heavy atom. The smallest absolute Gasteiger partial charge is 0.355 e. The third-order valence-corrected chi connectivity index (χ3v) is 3.74. The summed E-state index contributed by atoms with van der Waals surface area (Å²) in [5, 5.41) is 4.96. The SMILES string of the molecule is Cc1ccsc1CNc1nc(C(F)(F)F)ns1. The summed E-state index contributed by atoms with van der Waals surface area (Å²) in [5.41, 5.74) is 1.11. The molecule has 2 aromatic rings. The molecule has 0 radical (unpaired) electrons. The Morgan fingerprint density at radius 3 is 2.71 bits per heavy atom. The molecule has 0 bridgehead atoms. The Balaban J connectivity index is 2.01. The molecule has 0 saturated heterocycles. The van der Waals surface area contributed by atoms with E-state index in [1.807, 2.05) is 18.4 Å². The normalized spacial score (nSPS) is 11.8. The Morgan fingerprint density at radius 1 is 1.41 bits per heavy atom. The van der Waals surface area contributed by atoms with E-state index in [4.69, 9.17) is 0 Å². The van der Waals surface area contributed by atoms with Crippen molar-refractivity contribution in [2.24, 2.45) is 0 Å². The van der Waals surface area contributed by atoms with Gasteiger partial charge in [-0.15, -0.1) is 11.3 Å². The summed E-state index contributed by atoms with van der Waals surface area (Å²) < 4.78 is 40.0. The zero-order valence-corrected chi connectivity index (χ0v) is 10.3. The average Bonchev–Trinajstić information content (AvgIpc) is 2.82. The molecule has 0 aliphatic heterocycles. The minimum absolute atomic E-state index is 0.185. The molecule has 0 aliphatic carbocycles. The maximum Gasteiger partial charge on any atom is 0.452 e. The summed E-state index contributed by atoms with van der Waals surface area (Å²) in [7, 11) is 0. The Labute approximate surface area is 103 Å². The van der Waals surface area contributed by atoms with Gasteiger partial charge in [0.1, 0.15) is 0 Å². The van der Waals surface area contributed by atoms with Gasteiger partial charge >= 0.3 is 6.18 Å². The highest BCUT2D eigenvalue weighted by molar-refractivity contribution is 7.10. The molecule has 0 unspecified atom stereocenters. The molecule has 0 spiro atoms. The van der Waals surface area contributed by atoms with E-state index in [2.05, 4.69) is 14.7 Å². The van der Waals surface area contributed by atoms with E-state index in [1.165, 1.54) is 0 Å². The standard InChI is InChI=1S/C9H8F3N3S2/c1-5-2-3-16-6(5)4-13-8-14-7(15-17-8)9(10,11)12/h2-3H,4H2,1H3,(H,13,14,15). The summed E-state index contributed by atoms with van der Waals surface area (Å²) in [6, 6.07) is 1.96. The van der Waals surface area contributed by atoms with E-state index in [1.54, 1.807) is 11.3 Å². The number of thiophene rings is 1. The number of aryl methyl sites for hydroxylation is 1. The van der Waals surface area contributed by atoms with Crippen molar-refractivity contribution >= 4 is 28.0 Å². The van der Waals surface area contributed by atoms with Crippen LogP contribution >= 0.6 is 22.9 Å². The van der Waals surface area contributed by atoms with Crippen molar-refractivity contribution in [3.8, 4) is 0 Å². The molecule has 3 nitrogen and oxygen atoms in total. The fourth-order valence-corrected chi connectivity index (χ4v) is 2.58. The lowest BCUT2D eigenvalue weighted by Crippen LogP contribution is -2.07. The summed E-state index contributed by atoms with van der Waals surface area (Å²) in [4.78, 5) is 4.46. The van der Waals surface area contributed by atoms with Crippen LogP contribution in [-0.4, -0.2) is 9.36 Å². The predicted molar refractivity (Wildman–Crippen MR) is 61.3 cm³/mol. The molecule has 0 amide bonds. The van der Waals surface area contributed by atoms with Crippen LogP contribution in [0, 0.1) is 6.92 Å². The summed E-state index contributed by atoms with van der Waals surface area (Å²) in [6.45, 7) is 2.42. The average molecular weight is 279 g/mol. The third-order valence-electron chi connectivity index (χ3n) is 2.05. The lowest BCUT2D eigenvalue weighted by Gasteiger charge is -2.01. The van der Waals surface area contributed by atoms with Gasteiger partial charge in [-0.3, -0.25) is 0 Å². The van der Waals surface area contributed by atoms with Crippen LogP contribution in [-0.2, 0) is 12.7 Å². The maximum absolute atomic E-state index is 12.2. The van der Waals surface area contributed by atoms with Crippen LogP contribution in [0.25, 0.3) is 0 Å². The van der Waals surface area contributed by atoms with Crippen LogP contribution in [0.1, 0.15) is 16.3 Å². The van der Waals surface area contributed by atoms with Crippen LogP contribution in [0.4, 0.5) is 18.3 Å². The molecular weight excluding hydrogens is 271 g/mol. The number of nitrogens with one attached hydrogen (secondary N) is 1. The first kappa shape index (κ1) is 12.3. The lowest BCUT2D eigenvalue weighted by atomic mass is 10.3. The highest BCUT2D eigenvalue weighted by atomic mass is 32.1. The molecular formula is C9H8F3N3S2. The molecule has 0 aromatic carbocycles. The number of hydrogen-bond donors (Lipinski definition) is 1. The van der Waals surface area contributed by atoms with Crippen molar-refractivity contribution in [2.75, 3.05) is 5.32 Å². The fourth-order valence-electron chi connectivity index (χ4n) is 1.15. The Hall–Kier alpha value is -1.15. The minimum atomic E-state index is -4.48. The summed E-state index contributed by atoms with van der Waals surface area (Å²) >= 11 is 2.27. The number of nitrogens with zero attached hydrogens (tertiary/aromatic N) is 2. The summed E-state index contributed by atoms with van der Waals surface area (Å²) in [5.74, 6) is -1.09. The van der Waals surface area contributed by atoms with Crippen LogP contribution in [0.3, 0.4) is 0 Å². The molecule has 8 heteroatoms. The van der Waals surface area contributed by atoms with Crippen molar-refractivity contribution in [3.63, 3.8) is 0 Å². The van der Waals surface area contributed by atoms with Crippen LogP contribution < -0.4 is 5.32 Å². The first-order valence-corrected chi connectivity index (χ1v) is 6.30. The van der Waals surface area contributed by atoms with Crippen molar-refractivity contribution in [2.45, 2.75) is 19.6 Å². The zero-order valence-electron chi connectivity index (χ0n) is 8.71. The second kappa shape index (κ2) is 4.61. The van der Waals surface area contributed by atoms with E-state index in [0.717, 1.165) is 10.4 Å². The van der Waals surface area contributed by atoms with Gasteiger partial charge in [0.25, 0.3) is 0 Å². The number of rotatable bonds is 3. The molecule has 0 fully saturated rings. The van der Waals surface area contributed by atoms with Gasteiger partial charge in [-0.05, 0) is 23.9 Å². The van der Waals surface area contributed by atoms with Gasteiger partial charge in [0.15, 0.2) is 0 Å². The van der Waals surface area contributed by atoms with E-state index in [9.17, 15) is 13.2 Å². The van der Waals surface area contributed by atoms with Gasteiger partial charge in [0.05, 0.1) is 6.54 Å². The molecule has 2 heterocycles. The molecule has 0 aliphatic rings. The highest BCUT2D eigenvalue weighted by Gasteiger charge is 2.36. The number of aromatic nitrogens is 2. The van der Waals surface area contributed by atoms with Gasteiger partial charge in [0.2, 0.25) is 11.0 Å². The summed E-state index contributed by atoms with van der Waals surface area (Å²) in [6.07, 6.45) is -4.48. The molecule has 0 atom stereocenters. The largest absolute Gasteiger partial charge is 0.452 e. The number of alkyl halides is 3. The maximum atomic E-state index is 12.2. The van der Waals surface area contributed by atoms with Gasteiger partial charge < -0.3 is 5.32 Å². The van der Waals surface area contributed by atoms with Crippen molar-refractivity contribution < 1.29 is 13.2 Å². The minimum Gasteiger partial charge on any atom is -0.355 e. The van der Waals surface area contributed by atoms with E-state index >= 15 is 0 Å². The van der Waals surface area contributed by atoms with Crippen LogP contribution in [0.2, 0.25) is 0 Å². The molecule has 92 valence electrons. The van der Waals surface area contributed by atoms with Crippen molar-refractivity contribution in [1.82, 2.24) is 9.36 Å². The topological polar surface area (TPSA) is 37.8 Å². The van der Waals surface area contributed by atoms with Crippen molar-refractivity contribution in [3.05, 3.63) is 27.7 Å². The monoisotopic (exact) mass is 279 g/mol. The Kier molecular flexibility index (Phi) is 3.34. The van der Waals surface area contributed by atoms with E-state index in [-0.39, 0.29) is 5.13 Å². The molecule has 0 saturated carbocycles. The predicted octanol–water partition coefficient (Wildman–Crippen LogP) is 3.54. The first-order chi connectivity index (χ1) is 7.97. The van der Waals surface area contributed by atoms with Gasteiger partial charge in [-0.25, -0.2) is 0 Å². The highest BCUT2D eigenvalue weighted by Crippen LogP contribution is 2.29. The van der Waals surface area contributed by atoms with E-state index < -0.39 is 12.0 Å². The van der Waals surface area contributed by atoms with Crippen LogP contribution in [0.15, 0.2) is 11.4 Å². The molecule has 2 aromatic heterocycles. The number of halogens is 3. The van der Waals surface area contributed by atoms with Gasteiger partial charge in [-0.2, -0.15) is 22.5 Å². The second-order valence-corrected chi connectivity index (χ2v) is 5.05. The van der Waals surface area contributed by atoms with E-state index in [0.29, 0.717) is 18.1 Å². The molecule has 1 N–H and O–H groups in total. The third kappa shape index (κ3) is 2.95. The van der Waals surface area contributed by atoms with Gasteiger partial charge in [-0.1, -0.05) is 0 Å². The zero-order chi connectivity index (χ0) is 12.5. The van der Waals surface area contributed by atoms with Gasteiger partial charge in [0, 0.05) is 16.4 Å². The Bertz CT molecular complexity index is 504. The quantitative estimate of drug-likeness (QED) is 0.933. The van der Waals surface area contributed by atoms with Crippen LogP contribution in [0.5, 0.6) is 0 Å². The number of hydrogen-bond acceptors (Lipinski definition) is 5. The first-order valence-electron chi connectivity index (χ1n) is 4.64. The fraction of sp³-hybridized carbons (Fsp3) is 0.333. The lowest BCUT2D eigenvalue weighted by molar-refractivity contribution is -0.144. The second-order valence-electron chi connectivity index (χ2n) is 3.30. The number of anilines is 1. The molecule has 17 heavy (non-hydrogen) atoms.